The van der Waals surface area contributed by atoms with Crippen molar-refractivity contribution in [2.24, 2.45) is 5.41 Å². The number of aromatic nitrogens is 2. The quantitative estimate of drug-likeness (QED) is 0.354. The zero-order valence-corrected chi connectivity index (χ0v) is 23.6. The molecule has 0 fully saturated rings. The van der Waals surface area contributed by atoms with E-state index >= 15 is 0 Å². The lowest BCUT2D eigenvalue weighted by Crippen LogP contribution is -2.42. The van der Waals surface area contributed by atoms with Gasteiger partial charge < -0.3 is 0 Å². The van der Waals surface area contributed by atoms with Crippen LogP contribution >= 0.6 is 10.2 Å². The molecule has 1 aromatic heterocycles. The summed E-state index contributed by atoms with van der Waals surface area (Å²) in [6.07, 6.45) is 4.96. The highest BCUT2D eigenvalue weighted by Gasteiger charge is 2.57. The summed E-state index contributed by atoms with van der Waals surface area (Å²) < 4.78 is 2.71. The average molecular weight is 463 g/mol. The van der Waals surface area contributed by atoms with Gasteiger partial charge >= 0.3 is 0 Å². The van der Waals surface area contributed by atoms with Crippen LogP contribution in [0.25, 0.3) is 22.4 Å². The van der Waals surface area contributed by atoms with Gasteiger partial charge in [-0.3, -0.25) is 3.97 Å². The number of fused-ring (bicyclic) bond motifs is 6. The topological polar surface area (TPSA) is 17.8 Å². The Hall–Kier alpha value is -1.74. The Morgan fingerprint density at radius 2 is 1.39 bits per heavy atom. The van der Waals surface area contributed by atoms with Gasteiger partial charge in [-0.15, -0.1) is 0 Å². The minimum atomic E-state index is -1.22. The molecule has 0 radical (unpaired) electrons. The van der Waals surface area contributed by atoms with E-state index in [0.717, 1.165) is 5.52 Å². The minimum Gasteiger partial charge on any atom is -0.284 e. The molecule has 3 heteroatoms. The molecular weight excluding hydrogens is 420 g/mol. The van der Waals surface area contributed by atoms with E-state index in [-0.39, 0.29) is 21.0 Å². The lowest BCUT2D eigenvalue weighted by Gasteiger charge is -2.53. The largest absolute Gasteiger partial charge is 0.284 e. The first-order valence-corrected chi connectivity index (χ1v) is 14.8. The molecule has 0 unspecified atom stereocenters. The predicted octanol–water partition coefficient (Wildman–Crippen LogP) is 8.50. The van der Waals surface area contributed by atoms with Gasteiger partial charge in [0.05, 0.1) is 11.0 Å². The summed E-state index contributed by atoms with van der Waals surface area (Å²) >= 11 is 0. The van der Waals surface area contributed by atoms with Crippen LogP contribution in [0.4, 0.5) is 0 Å². The van der Waals surface area contributed by atoms with Gasteiger partial charge in [0.25, 0.3) is 0 Å². The molecule has 3 aromatic rings. The maximum absolute atomic E-state index is 5.42. The Morgan fingerprint density at radius 1 is 0.818 bits per heavy atom. The van der Waals surface area contributed by atoms with Crippen LogP contribution in [0.2, 0.25) is 0 Å². The molecule has 2 aromatic carbocycles. The van der Waals surface area contributed by atoms with E-state index in [1.165, 1.54) is 39.2 Å². The van der Waals surface area contributed by atoms with Gasteiger partial charge in [-0.1, -0.05) is 73.6 Å². The predicted molar refractivity (Wildman–Crippen MR) is 147 cm³/mol. The third kappa shape index (κ3) is 2.45. The van der Waals surface area contributed by atoms with Crippen molar-refractivity contribution < 1.29 is 0 Å². The van der Waals surface area contributed by atoms with Gasteiger partial charge in [0.1, 0.15) is 0 Å². The summed E-state index contributed by atoms with van der Waals surface area (Å²) in [5.41, 5.74) is 10.1. The number of imidazole rings is 1. The number of benzene rings is 2. The van der Waals surface area contributed by atoms with Crippen LogP contribution in [0.5, 0.6) is 0 Å². The second-order valence-electron chi connectivity index (χ2n) is 13.2. The second kappa shape index (κ2) is 6.27. The lowest BCUT2D eigenvalue weighted by atomic mass is 9.59. The Labute approximate surface area is 202 Å². The summed E-state index contributed by atoms with van der Waals surface area (Å²) in [6, 6.07) is 11.9. The maximum Gasteiger partial charge on any atom is 0.150 e. The summed E-state index contributed by atoms with van der Waals surface area (Å²) in [5.74, 6) is 1.64. The third-order valence-electron chi connectivity index (χ3n) is 10.5. The lowest BCUT2D eigenvalue weighted by molar-refractivity contribution is 0.125. The molecular formula is C30H42N2S. The Morgan fingerprint density at radius 3 is 1.97 bits per heavy atom. The van der Waals surface area contributed by atoms with Crippen molar-refractivity contribution in [1.82, 2.24) is 8.96 Å². The molecule has 1 aliphatic carbocycles. The van der Waals surface area contributed by atoms with Gasteiger partial charge in [-0.05, 0) is 82.9 Å². The minimum absolute atomic E-state index is 0.0565. The molecule has 0 amide bonds. The van der Waals surface area contributed by atoms with Crippen molar-refractivity contribution in [1.29, 1.82) is 0 Å². The zero-order valence-electron chi connectivity index (χ0n) is 22.8. The number of nitrogens with zero attached hydrogens (tertiary/aromatic N) is 2. The number of hydrogen-bond donors (Lipinski definition) is 0. The zero-order chi connectivity index (χ0) is 24.5. The van der Waals surface area contributed by atoms with Gasteiger partial charge in [0.2, 0.25) is 0 Å². The van der Waals surface area contributed by atoms with Crippen LogP contribution in [-0.4, -0.2) is 21.5 Å². The fourth-order valence-electron chi connectivity index (χ4n) is 6.51. The summed E-state index contributed by atoms with van der Waals surface area (Å²) in [4.78, 5) is 5.42. The van der Waals surface area contributed by atoms with E-state index in [4.69, 9.17) is 4.98 Å². The van der Waals surface area contributed by atoms with E-state index < -0.39 is 10.2 Å². The normalized spacial score (nSPS) is 23.8. The van der Waals surface area contributed by atoms with Crippen molar-refractivity contribution in [3.8, 4) is 11.4 Å². The van der Waals surface area contributed by atoms with Crippen molar-refractivity contribution >= 4 is 21.2 Å². The van der Waals surface area contributed by atoms with Crippen LogP contribution in [-0.2, 0) is 15.6 Å². The molecule has 0 saturated carbocycles. The van der Waals surface area contributed by atoms with Crippen LogP contribution in [0.3, 0.4) is 0 Å². The smallest absolute Gasteiger partial charge is 0.150 e. The van der Waals surface area contributed by atoms with E-state index in [1.54, 1.807) is 0 Å². The first kappa shape index (κ1) is 23.0. The summed E-state index contributed by atoms with van der Waals surface area (Å²) in [5, 5.41) is 0. The number of rotatable bonds is 1. The van der Waals surface area contributed by atoms with Gasteiger partial charge in [0, 0.05) is 10.3 Å². The molecule has 1 aliphatic heterocycles. The summed E-state index contributed by atoms with van der Waals surface area (Å²) in [6.45, 7) is 24.1. The molecule has 0 atom stereocenters. The van der Waals surface area contributed by atoms with Crippen molar-refractivity contribution in [2.45, 2.75) is 90.7 Å². The third-order valence-corrected chi connectivity index (χ3v) is 14.5. The van der Waals surface area contributed by atoms with E-state index in [2.05, 4.69) is 116 Å². The summed E-state index contributed by atoms with van der Waals surface area (Å²) in [7, 11) is -1.22. The second-order valence-corrected chi connectivity index (χ2v) is 17.1. The molecule has 2 nitrogen and oxygen atoms in total. The fraction of sp³-hybridized carbons (Fsp3) is 0.567. The van der Waals surface area contributed by atoms with Crippen LogP contribution in [0, 0.1) is 5.41 Å². The van der Waals surface area contributed by atoms with Gasteiger partial charge in [0.15, 0.2) is 5.82 Å². The van der Waals surface area contributed by atoms with Gasteiger partial charge in [-0.2, -0.15) is 10.2 Å². The van der Waals surface area contributed by atoms with E-state index in [9.17, 15) is 0 Å². The fourth-order valence-corrected chi connectivity index (χ4v) is 8.88. The standard InChI is InChI=1S/C30H42N2S/c1-18(2)19-14-13-15-20-25(19)26-31-23-16-21-22(28(5,6)30(9,10)27(21,3)4)17-24(23)32(26)33(11,12)29(20,7)8/h13-18H,1-12H3. The molecule has 2 aliphatic rings. The Balaban J connectivity index is 1.94. The van der Waals surface area contributed by atoms with Crippen molar-refractivity contribution in [2.75, 3.05) is 12.5 Å². The first-order chi connectivity index (χ1) is 15.0. The SMILES string of the molecule is CC(C)c1cccc2c1-c1nc3cc4c(cc3n1S(C)(C)C2(C)C)C(C)(C)C(C)(C)C4(C)C. The highest BCUT2D eigenvalue weighted by atomic mass is 32.3. The molecule has 33 heavy (non-hydrogen) atoms. The average Bonchev–Trinajstić information content (AvgIpc) is 3.13. The number of hydrogen-bond acceptors (Lipinski definition) is 1. The Bertz CT molecular complexity index is 1310. The Kier molecular flexibility index (Phi) is 4.38. The maximum atomic E-state index is 5.42. The molecule has 0 saturated heterocycles. The van der Waals surface area contributed by atoms with Crippen LogP contribution < -0.4 is 0 Å². The van der Waals surface area contributed by atoms with E-state index in [0.29, 0.717) is 5.92 Å². The first-order valence-electron chi connectivity index (χ1n) is 12.4. The molecule has 2 heterocycles. The monoisotopic (exact) mass is 462 g/mol. The van der Waals surface area contributed by atoms with E-state index in [1.807, 2.05) is 0 Å². The highest BCUT2D eigenvalue weighted by molar-refractivity contribution is 8.32. The highest BCUT2D eigenvalue weighted by Crippen LogP contribution is 2.68. The molecule has 5 rings (SSSR count). The van der Waals surface area contributed by atoms with Gasteiger partial charge in [-0.25, -0.2) is 4.98 Å². The molecule has 0 spiro atoms. The molecule has 0 bridgehead atoms. The van der Waals surface area contributed by atoms with Crippen molar-refractivity contribution in [3.63, 3.8) is 0 Å². The van der Waals surface area contributed by atoms with Crippen LogP contribution in [0.15, 0.2) is 30.3 Å². The van der Waals surface area contributed by atoms with Crippen LogP contribution in [0.1, 0.15) is 97.4 Å². The van der Waals surface area contributed by atoms with Crippen molar-refractivity contribution in [3.05, 3.63) is 52.6 Å². The molecule has 178 valence electrons. The molecule has 0 N–H and O–H groups in total.